The van der Waals surface area contributed by atoms with Gasteiger partial charge in [0, 0.05) is 6.54 Å². The lowest BCUT2D eigenvalue weighted by Crippen LogP contribution is -2.30. The predicted molar refractivity (Wildman–Crippen MR) is 80.6 cm³/mol. The Kier molecular flexibility index (Phi) is 3.16. The maximum atomic E-state index is 3.67. The molecule has 0 bridgehead atoms. The highest BCUT2D eigenvalue weighted by Crippen LogP contribution is 2.30. The first-order valence-electron chi connectivity index (χ1n) is 7.05. The molecule has 0 aliphatic carbocycles. The average Bonchev–Trinajstić information content (AvgIpc) is 2.41. The smallest absolute Gasteiger partial charge is 0.0579 e. The topological polar surface area (TPSA) is 12.0 Å². The molecular weight excluding hydrogens is 230 g/mol. The van der Waals surface area contributed by atoms with Gasteiger partial charge in [-0.3, -0.25) is 0 Å². The Morgan fingerprint density at radius 3 is 2.58 bits per heavy atom. The van der Waals surface area contributed by atoms with Crippen molar-refractivity contribution in [3.05, 3.63) is 69.8 Å². The Balaban J connectivity index is 2.07. The fourth-order valence-corrected chi connectivity index (χ4v) is 2.91. The van der Waals surface area contributed by atoms with Crippen molar-refractivity contribution in [2.24, 2.45) is 0 Å². The minimum Gasteiger partial charge on any atom is -0.306 e. The van der Waals surface area contributed by atoms with E-state index in [-0.39, 0.29) is 0 Å². The molecule has 2 aromatic rings. The van der Waals surface area contributed by atoms with Crippen LogP contribution in [0.25, 0.3) is 0 Å². The molecule has 0 radical (unpaired) electrons. The van der Waals surface area contributed by atoms with Crippen LogP contribution in [0.1, 0.15) is 39.4 Å². The first-order chi connectivity index (χ1) is 9.15. The van der Waals surface area contributed by atoms with Crippen molar-refractivity contribution < 1.29 is 0 Å². The van der Waals surface area contributed by atoms with Crippen LogP contribution in [0.15, 0.2) is 36.4 Å². The highest BCUT2D eigenvalue weighted by Gasteiger charge is 2.21. The summed E-state index contributed by atoms with van der Waals surface area (Å²) in [7, 11) is 0. The van der Waals surface area contributed by atoms with Crippen molar-refractivity contribution in [1.29, 1.82) is 0 Å². The zero-order chi connectivity index (χ0) is 13.4. The largest absolute Gasteiger partial charge is 0.306 e. The van der Waals surface area contributed by atoms with Crippen LogP contribution in [-0.4, -0.2) is 6.54 Å². The summed E-state index contributed by atoms with van der Waals surface area (Å²) < 4.78 is 0. The molecule has 19 heavy (non-hydrogen) atoms. The molecule has 0 fully saturated rings. The molecule has 1 N–H and O–H groups in total. The summed E-state index contributed by atoms with van der Waals surface area (Å²) in [6.45, 7) is 7.60. The maximum Gasteiger partial charge on any atom is 0.0579 e. The van der Waals surface area contributed by atoms with E-state index in [0.29, 0.717) is 6.04 Å². The number of rotatable bonds is 1. The van der Waals surface area contributed by atoms with E-state index in [9.17, 15) is 0 Å². The highest BCUT2D eigenvalue weighted by atomic mass is 14.9. The number of nitrogens with one attached hydrogen (secondary N) is 1. The quantitative estimate of drug-likeness (QED) is 0.812. The third kappa shape index (κ3) is 2.31. The fraction of sp³-hybridized carbons (Fsp3) is 0.333. The van der Waals surface area contributed by atoms with Gasteiger partial charge in [0.1, 0.15) is 0 Å². The van der Waals surface area contributed by atoms with Gasteiger partial charge in [-0.25, -0.2) is 0 Å². The van der Waals surface area contributed by atoms with Crippen LogP contribution in [0, 0.1) is 20.8 Å². The van der Waals surface area contributed by atoms with E-state index in [1.807, 2.05) is 0 Å². The van der Waals surface area contributed by atoms with Gasteiger partial charge < -0.3 is 5.32 Å². The van der Waals surface area contributed by atoms with E-state index in [2.05, 4.69) is 62.5 Å². The van der Waals surface area contributed by atoms with Crippen LogP contribution < -0.4 is 5.32 Å². The summed E-state index contributed by atoms with van der Waals surface area (Å²) in [5, 5.41) is 3.67. The summed E-state index contributed by atoms with van der Waals surface area (Å²) in [6.07, 6.45) is 1.14. The fourth-order valence-electron chi connectivity index (χ4n) is 2.91. The molecule has 0 spiro atoms. The molecule has 3 rings (SSSR count). The SMILES string of the molecule is Cc1ccc2c(c1)C(c1ccc(C)c(C)c1)NCC2. The summed E-state index contributed by atoms with van der Waals surface area (Å²) >= 11 is 0. The van der Waals surface area contributed by atoms with E-state index in [1.165, 1.54) is 33.4 Å². The molecule has 1 aliphatic heterocycles. The van der Waals surface area contributed by atoms with Crippen molar-refractivity contribution in [3.63, 3.8) is 0 Å². The van der Waals surface area contributed by atoms with Crippen LogP contribution in [-0.2, 0) is 6.42 Å². The van der Waals surface area contributed by atoms with Crippen LogP contribution >= 0.6 is 0 Å². The Morgan fingerprint density at radius 1 is 0.947 bits per heavy atom. The molecule has 0 amide bonds. The van der Waals surface area contributed by atoms with Gasteiger partial charge in [-0.2, -0.15) is 0 Å². The molecule has 1 nitrogen and oxygen atoms in total. The Morgan fingerprint density at radius 2 is 1.79 bits per heavy atom. The molecule has 1 heteroatoms. The predicted octanol–water partition coefficient (Wildman–Crippen LogP) is 3.85. The van der Waals surface area contributed by atoms with Crippen molar-refractivity contribution in [2.45, 2.75) is 33.2 Å². The molecule has 2 aromatic carbocycles. The first-order valence-corrected chi connectivity index (χ1v) is 7.05. The van der Waals surface area contributed by atoms with Crippen molar-refractivity contribution in [1.82, 2.24) is 5.32 Å². The number of aryl methyl sites for hydroxylation is 3. The zero-order valence-electron chi connectivity index (χ0n) is 12.0. The van der Waals surface area contributed by atoms with Crippen LogP contribution in [0.2, 0.25) is 0 Å². The van der Waals surface area contributed by atoms with E-state index >= 15 is 0 Å². The molecular formula is C18H21N. The third-order valence-corrected chi connectivity index (χ3v) is 4.22. The molecule has 1 atom stereocenters. The number of benzene rings is 2. The van der Waals surface area contributed by atoms with Gasteiger partial charge in [0.2, 0.25) is 0 Å². The van der Waals surface area contributed by atoms with Crippen molar-refractivity contribution in [3.8, 4) is 0 Å². The summed E-state index contributed by atoms with van der Waals surface area (Å²) in [5.41, 5.74) is 8.41. The number of hydrogen-bond donors (Lipinski definition) is 1. The third-order valence-electron chi connectivity index (χ3n) is 4.22. The number of hydrogen-bond acceptors (Lipinski definition) is 1. The zero-order valence-corrected chi connectivity index (χ0v) is 12.0. The van der Waals surface area contributed by atoms with Gasteiger partial charge in [0.25, 0.3) is 0 Å². The Bertz CT molecular complexity index is 613. The first kappa shape index (κ1) is 12.4. The molecule has 0 aromatic heterocycles. The second-order valence-electron chi connectivity index (χ2n) is 5.68. The van der Waals surface area contributed by atoms with Crippen LogP contribution in [0.3, 0.4) is 0 Å². The van der Waals surface area contributed by atoms with Gasteiger partial charge in [-0.1, -0.05) is 42.0 Å². The Hall–Kier alpha value is -1.60. The molecule has 1 heterocycles. The summed E-state index contributed by atoms with van der Waals surface area (Å²) in [6, 6.07) is 14.0. The molecule has 1 aliphatic rings. The van der Waals surface area contributed by atoms with E-state index in [4.69, 9.17) is 0 Å². The normalized spacial score (nSPS) is 18.2. The van der Waals surface area contributed by atoms with Crippen molar-refractivity contribution >= 4 is 0 Å². The van der Waals surface area contributed by atoms with E-state index < -0.39 is 0 Å². The van der Waals surface area contributed by atoms with Gasteiger partial charge in [-0.05, 0) is 55.0 Å². The molecule has 1 unspecified atom stereocenters. The maximum absolute atomic E-state index is 3.67. The van der Waals surface area contributed by atoms with Crippen LogP contribution in [0.5, 0.6) is 0 Å². The van der Waals surface area contributed by atoms with Gasteiger partial charge >= 0.3 is 0 Å². The lowest BCUT2D eigenvalue weighted by atomic mass is 9.88. The minimum atomic E-state index is 0.350. The standard InChI is InChI=1S/C18H21N/c1-12-4-6-15-8-9-19-18(17(15)10-12)16-7-5-13(2)14(3)11-16/h4-7,10-11,18-19H,8-9H2,1-3H3. The molecule has 98 valence electrons. The monoisotopic (exact) mass is 251 g/mol. The minimum absolute atomic E-state index is 0.350. The second kappa shape index (κ2) is 4.82. The lowest BCUT2D eigenvalue weighted by Gasteiger charge is -2.28. The Labute approximate surface area is 115 Å². The van der Waals surface area contributed by atoms with Gasteiger partial charge in [0.05, 0.1) is 6.04 Å². The van der Waals surface area contributed by atoms with Crippen LogP contribution in [0.4, 0.5) is 0 Å². The highest BCUT2D eigenvalue weighted by molar-refractivity contribution is 5.43. The number of fused-ring (bicyclic) bond motifs is 1. The van der Waals surface area contributed by atoms with E-state index in [0.717, 1.165) is 13.0 Å². The van der Waals surface area contributed by atoms with E-state index in [1.54, 1.807) is 0 Å². The van der Waals surface area contributed by atoms with Crippen molar-refractivity contribution in [2.75, 3.05) is 6.54 Å². The molecule has 0 saturated heterocycles. The average molecular weight is 251 g/mol. The second-order valence-corrected chi connectivity index (χ2v) is 5.68. The summed E-state index contributed by atoms with van der Waals surface area (Å²) in [5.74, 6) is 0. The molecule has 0 saturated carbocycles. The summed E-state index contributed by atoms with van der Waals surface area (Å²) in [4.78, 5) is 0. The van der Waals surface area contributed by atoms with Gasteiger partial charge in [0.15, 0.2) is 0 Å². The van der Waals surface area contributed by atoms with Gasteiger partial charge in [-0.15, -0.1) is 0 Å². The lowest BCUT2D eigenvalue weighted by molar-refractivity contribution is 0.567.